The number of aromatic nitrogens is 2. The molecule has 1 aliphatic rings. The maximum absolute atomic E-state index is 10.3. The molecule has 1 unspecified atom stereocenters. The molecule has 1 aromatic rings. The summed E-state index contributed by atoms with van der Waals surface area (Å²) in [6, 6.07) is 0. The molecule has 2 heterocycles. The number of rotatable bonds is 11. The standard InChI is InChI=1S/C13H21N3O2.C6H8O7/c1-18-5-3-13-14-6-12(7-15-13)9-16-4-2-11(8-16)10-17;7-3(8)1-6(13,5(11)12)2-4(9)10/h6-7,11,17H,2-5,8-10H2,1H3;13H,1-2H2,(H,7,8)(H,9,10)(H,11,12). The Hall–Kier alpha value is -2.67. The van der Waals surface area contributed by atoms with Gasteiger partial charge in [-0.1, -0.05) is 0 Å². The van der Waals surface area contributed by atoms with Crippen molar-refractivity contribution in [3.63, 3.8) is 0 Å². The molecule has 0 saturated carbocycles. The largest absolute Gasteiger partial charge is 0.481 e. The van der Waals surface area contributed by atoms with Crippen LogP contribution in [0.2, 0.25) is 0 Å². The zero-order valence-corrected chi connectivity index (χ0v) is 17.3. The number of aliphatic hydroxyl groups excluding tert-OH is 1. The Bertz CT molecular complexity index is 711. The van der Waals surface area contributed by atoms with E-state index < -0.39 is 36.4 Å². The van der Waals surface area contributed by atoms with E-state index in [-0.39, 0.29) is 0 Å². The molecular weight excluding hydrogens is 414 g/mol. The molecule has 0 bridgehead atoms. The first-order valence-corrected chi connectivity index (χ1v) is 9.61. The summed E-state index contributed by atoms with van der Waals surface area (Å²) in [5.41, 5.74) is -1.60. The first-order valence-electron chi connectivity index (χ1n) is 9.61. The number of methoxy groups -OCH3 is 1. The van der Waals surface area contributed by atoms with Crippen LogP contribution in [0.15, 0.2) is 12.4 Å². The topological polar surface area (TPSA) is 191 Å². The highest BCUT2D eigenvalue weighted by atomic mass is 16.5. The van der Waals surface area contributed by atoms with Crippen LogP contribution in [0.4, 0.5) is 0 Å². The van der Waals surface area contributed by atoms with Gasteiger partial charge in [0.05, 0.1) is 19.4 Å². The summed E-state index contributed by atoms with van der Waals surface area (Å²) >= 11 is 0. The van der Waals surface area contributed by atoms with Crippen LogP contribution in [0.3, 0.4) is 0 Å². The smallest absolute Gasteiger partial charge is 0.336 e. The van der Waals surface area contributed by atoms with Gasteiger partial charge in [0.25, 0.3) is 0 Å². The molecule has 0 spiro atoms. The van der Waals surface area contributed by atoms with Crippen LogP contribution in [-0.4, -0.2) is 97.3 Å². The summed E-state index contributed by atoms with van der Waals surface area (Å²) in [6.07, 6.45) is 3.34. The number of aliphatic hydroxyl groups is 2. The predicted octanol–water partition coefficient (Wildman–Crippen LogP) is -0.769. The van der Waals surface area contributed by atoms with Crippen LogP contribution in [-0.2, 0) is 32.1 Å². The summed E-state index contributed by atoms with van der Waals surface area (Å²) in [4.78, 5) is 41.5. The third kappa shape index (κ3) is 9.79. The molecule has 1 aliphatic heterocycles. The summed E-state index contributed by atoms with van der Waals surface area (Å²) in [7, 11) is 1.68. The summed E-state index contributed by atoms with van der Waals surface area (Å²) < 4.78 is 5.00. The average molecular weight is 443 g/mol. The third-order valence-corrected chi connectivity index (χ3v) is 4.61. The van der Waals surface area contributed by atoms with E-state index in [4.69, 9.17) is 30.3 Å². The third-order valence-electron chi connectivity index (χ3n) is 4.61. The Labute approximate surface area is 179 Å². The number of aliphatic carboxylic acids is 3. The molecule has 174 valence electrons. The van der Waals surface area contributed by atoms with Crippen LogP contribution in [0.5, 0.6) is 0 Å². The van der Waals surface area contributed by atoms with Gasteiger partial charge in [0, 0.05) is 51.2 Å². The van der Waals surface area contributed by atoms with Gasteiger partial charge in [0.2, 0.25) is 0 Å². The molecule has 1 aromatic heterocycles. The summed E-state index contributed by atoms with van der Waals surface area (Å²) in [5, 5.41) is 42.9. The fourth-order valence-electron chi connectivity index (χ4n) is 2.96. The lowest BCUT2D eigenvalue weighted by molar-refractivity contribution is -0.170. The number of carboxylic acid groups (broad SMARTS) is 3. The molecule has 2 rings (SSSR count). The van der Waals surface area contributed by atoms with Crippen LogP contribution in [0.1, 0.15) is 30.7 Å². The van der Waals surface area contributed by atoms with E-state index in [0.29, 0.717) is 19.1 Å². The van der Waals surface area contributed by atoms with E-state index in [2.05, 4.69) is 14.9 Å². The lowest BCUT2D eigenvalue weighted by Crippen LogP contribution is -2.42. The molecule has 12 heteroatoms. The molecule has 1 atom stereocenters. The minimum absolute atomic E-state index is 0.295. The van der Waals surface area contributed by atoms with Crippen LogP contribution < -0.4 is 0 Å². The Morgan fingerprint density at radius 2 is 1.74 bits per heavy atom. The lowest BCUT2D eigenvalue weighted by Gasteiger charge is -2.18. The summed E-state index contributed by atoms with van der Waals surface area (Å²) in [5.74, 6) is -3.75. The highest BCUT2D eigenvalue weighted by Gasteiger charge is 2.40. The number of nitrogens with zero attached hydrogens (tertiary/aromatic N) is 3. The second-order valence-corrected chi connectivity index (χ2v) is 7.30. The van der Waals surface area contributed by atoms with Gasteiger partial charge < -0.3 is 30.3 Å². The van der Waals surface area contributed by atoms with Crippen molar-refractivity contribution >= 4 is 17.9 Å². The van der Waals surface area contributed by atoms with Gasteiger partial charge in [-0.15, -0.1) is 0 Å². The Morgan fingerprint density at radius 1 is 1.16 bits per heavy atom. The van der Waals surface area contributed by atoms with Crippen molar-refractivity contribution in [3.05, 3.63) is 23.8 Å². The van der Waals surface area contributed by atoms with Crippen molar-refractivity contribution in [2.24, 2.45) is 5.92 Å². The fraction of sp³-hybridized carbons (Fsp3) is 0.632. The van der Waals surface area contributed by atoms with Crippen molar-refractivity contribution in [1.82, 2.24) is 14.9 Å². The monoisotopic (exact) mass is 443 g/mol. The minimum atomic E-state index is -2.74. The predicted molar refractivity (Wildman–Crippen MR) is 105 cm³/mol. The van der Waals surface area contributed by atoms with Crippen molar-refractivity contribution in [3.8, 4) is 0 Å². The highest BCUT2D eigenvalue weighted by molar-refractivity contribution is 5.88. The van der Waals surface area contributed by atoms with Crippen molar-refractivity contribution in [1.29, 1.82) is 0 Å². The van der Waals surface area contributed by atoms with Gasteiger partial charge in [0.1, 0.15) is 5.82 Å². The minimum Gasteiger partial charge on any atom is -0.481 e. The summed E-state index contributed by atoms with van der Waals surface area (Å²) in [6.45, 7) is 3.85. The Morgan fingerprint density at radius 3 is 2.16 bits per heavy atom. The van der Waals surface area contributed by atoms with Gasteiger partial charge in [-0.25, -0.2) is 14.8 Å². The lowest BCUT2D eigenvalue weighted by atomic mass is 9.96. The molecule has 12 nitrogen and oxygen atoms in total. The van der Waals surface area contributed by atoms with Crippen LogP contribution in [0.25, 0.3) is 0 Å². The first kappa shape index (κ1) is 26.4. The van der Waals surface area contributed by atoms with Gasteiger partial charge in [-0.3, -0.25) is 14.5 Å². The van der Waals surface area contributed by atoms with Gasteiger partial charge in [-0.2, -0.15) is 0 Å². The number of carbonyl (C=O) groups is 3. The number of likely N-dealkylation sites (tertiary alicyclic amines) is 1. The molecule has 1 fully saturated rings. The number of carboxylic acids is 3. The second-order valence-electron chi connectivity index (χ2n) is 7.30. The number of hydrogen-bond acceptors (Lipinski definition) is 9. The molecule has 1 saturated heterocycles. The van der Waals surface area contributed by atoms with E-state index in [1.807, 2.05) is 12.4 Å². The highest BCUT2D eigenvalue weighted by Crippen LogP contribution is 2.17. The zero-order valence-electron chi connectivity index (χ0n) is 17.3. The van der Waals surface area contributed by atoms with E-state index in [9.17, 15) is 14.4 Å². The van der Waals surface area contributed by atoms with Crippen molar-refractivity contribution in [2.75, 3.05) is 33.4 Å². The number of hydrogen-bond donors (Lipinski definition) is 5. The zero-order chi connectivity index (χ0) is 23.4. The van der Waals surface area contributed by atoms with Gasteiger partial charge in [0.15, 0.2) is 5.60 Å². The molecule has 0 radical (unpaired) electrons. The normalized spacial score (nSPS) is 16.4. The van der Waals surface area contributed by atoms with E-state index >= 15 is 0 Å². The van der Waals surface area contributed by atoms with E-state index in [0.717, 1.165) is 43.9 Å². The second kappa shape index (κ2) is 12.9. The van der Waals surface area contributed by atoms with Gasteiger partial charge >= 0.3 is 17.9 Å². The molecule has 0 aromatic carbocycles. The molecule has 31 heavy (non-hydrogen) atoms. The number of ether oxygens (including phenoxy) is 1. The molecule has 0 amide bonds. The van der Waals surface area contributed by atoms with Crippen molar-refractivity contribution < 1.29 is 44.7 Å². The SMILES string of the molecule is COCCc1ncc(CN2CCC(CO)C2)cn1.O=C(O)CC(O)(CC(=O)O)C(=O)O. The molecule has 0 aliphatic carbocycles. The van der Waals surface area contributed by atoms with Gasteiger partial charge in [-0.05, 0) is 18.9 Å². The fourth-order valence-corrected chi connectivity index (χ4v) is 2.96. The van der Waals surface area contributed by atoms with Crippen LogP contribution >= 0.6 is 0 Å². The maximum Gasteiger partial charge on any atom is 0.336 e. The van der Waals surface area contributed by atoms with E-state index in [1.165, 1.54) is 0 Å². The Balaban J connectivity index is 0.000000330. The van der Waals surface area contributed by atoms with Crippen molar-refractivity contribution in [2.45, 2.75) is 37.8 Å². The quantitative estimate of drug-likeness (QED) is 0.287. The first-order chi connectivity index (χ1) is 14.6. The maximum atomic E-state index is 10.3. The average Bonchev–Trinajstić information content (AvgIpc) is 3.14. The van der Waals surface area contributed by atoms with E-state index in [1.54, 1.807) is 7.11 Å². The van der Waals surface area contributed by atoms with Crippen LogP contribution in [0, 0.1) is 5.92 Å². The molecule has 5 N–H and O–H groups in total. The molecular formula is C19H29N3O9. The Kier molecular flexibility index (Phi) is 11.0.